The monoisotopic (exact) mass is 548 g/mol. The number of aromatic nitrogens is 3. The van der Waals surface area contributed by atoms with Crippen LogP contribution < -0.4 is 0 Å². The number of aliphatic imine (C=N–C) groups is 1. The van der Waals surface area contributed by atoms with Gasteiger partial charge in [-0.15, -0.1) is 11.3 Å². The highest BCUT2D eigenvalue weighted by Gasteiger charge is 2.55. The lowest BCUT2D eigenvalue weighted by Crippen LogP contribution is -2.49. The summed E-state index contributed by atoms with van der Waals surface area (Å²) in [7, 11) is 0. The van der Waals surface area contributed by atoms with Gasteiger partial charge in [0, 0.05) is 52.6 Å². The first kappa shape index (κ1) is 24.0. The van der Waals surface area contributed by atoms with E-state index in [1.54, 1.807) is 11.1 Å². The Morgan fingerprint density at radius 3 is 2.84 bits per heavy atom. The van der Waals surface area contributed by atoms with Gasteiger partial charge in [-0.3, -0.25) is 9.89 Å². The molecule has 1 spiro atoms. The molecule has 0 bridgehead atoms. The number of benzene rings is 1. The van der Waals surface area contributed by atoms with Crippen molar-refractivity contribution in [3.63, 3.8) is 0 Å². The van der Waals surface area contributed by atoms with Crippen LogP contribution in [0.4, 0.5) is 18.0 Å². The summed E-state index contributed by atoms with van der Waals surface area (Å²) in [5.74, 6) is 0.0474. The van der Waals surface area contributed by atoms with Crippen LogP contribution in [-0.4, -0.2) is 61.7 Å². The van der Waals surface area contributed by atoms with Gasteiger partial charge in [0.1, 0.15) is 24.0 Å². The molecule has 0 radical (unpaired) electrons. The van der Waals surface area contributed by atoms with Crippen molar-refractivity contribution in [1.29, 1.82) is 0 Å². The first-order valence-electron chi connectivity index (χ1n) is 11.5. The molecule has 8 nitrogen and oxygen atoms in total. The van der Waals surface area contributed by atoms with Crippen LogP contribution in [0, 0.1) is 5.82 Å². The number of amidine groups is 1. The maximum Gasteiger partial charge on any atom is 0.410 e. The molecule has 0 unspecified atom stereocenters. The molecule has 3 aliphatic heterocycles. The van der Waals surface area contributed by atoms with Crippen molar-refractivity contribution in [2.45, 2.75) is 31.5 Å². The topological polar surface area (TPSA) is 75.8 Å². The number of likely N-dealkylation sites (N-methyl/N-ethyl adjacent to an activating group) is 1. The second-order valence-corrected chi connectivity index (χ2v) is 10.3. The standard InChI is InChI=1S/C24H20ClF3N6O2S/c1-2-33-23(35)36-12-24(33)10-17-18(16-5-7-34(31-16)22(27)28)19(14-4-3-13(26)9-15(14)25)30-20(32(17)11-24)21-29-6-8-37-21/h3-9,19,22H,2,10-12H2,1H3/t19-,24-/m0/s1. The molecule has 37 heavy (non-hydrogen) atoms. The highest BCUT2D eigenvalue weighted by Crippen LogP contribution is 2.50. The minimum atomic E-state index is -2.83. The first-order chi connectivity index (χ1) is 17.8. The van der Waals surface area contributed by atoms with Gasteiger partial charge < -0.3 is 9.64 Å². The van der Waals surface area contributed by atoms with Crippen LogP contribution in [0.3, 0.4) is 0 Å². The maximum absolute atomic E-state index is 14.0. The van der Waals surface area contributed by atoms with E-state index in [1.807, 2.05) is 17.2 Å². The Kier molecular flexibility index (Phi) is 5.75. The van der Waals surface area contributed by atoms with E-state index in [9.17, 15) is 18.0 Å². The van der Waals surface area contributed by atoms with Crippen molar-refractivity contribution >= 4 is 40.4 Å². The average Bonchev–Trinajstić information content (AvgIpc) is 3.66. The Morgan fingerprint density at radius 1 is 1.32 bits per heavy atom. The maximum atomic E-state index is 14.0. The van der Waals surface area contributed by atoms with Gasteiger partial charge in [-0.05, 0) is 25.1 Å². The SMILES string of the molecule is CCN1C(=O)OC[C@@]12CC1=C(c3ccn(C(F)F)n3)[C@H](c3ccc(F)cc3Cl)N=C(c3nccs3)N1C2. The van der Waals surface area contributed by atoms with Gasteiger partial charge in [-0.25, -0.2) is 18.9 Å². The highest BCUT2D eigenvalue weighted by molar-refractivity contribution is 7.11. The van der Waals surface area contributed by atoms with Crippen LogP contribution in [0.1, 0.15) is 42.2 Å². The third kappa shape index (κ3) is 3.81. The molecule has 1 amide bonds. The van der Waals surface area contributed by atoms with E-state index in [1.165, 1.54) is 41.8 Å². The second kappa shape index (κ2) is 8.88. The molecule has 13 heteroatoms. The van der Waals surface area contributed by atoms with Crippen LogP contribution >= 0.6 is 22.9 Å². The van der Waals surface area contributed by atoms with Crippen LogP contribution in [-0.2, 0) is 4.74 Å². The van der Waals surface area contributed by atoms with Crippen molar-refractivity contribution in [3.05, 3.63) is 74.8 Å². The summed E-state index contributed by atoms with van der Waals surface area (Å²) in [6, 6.07) is 4.74. The van der Waals surface area contributed by atoms with Crippen molar-refractivity contribution in [1.82, 2.24) is 24.6 Å². The molecule has 192 valence electrons. The number of thiazole rings is 1. The predicted octanol–water partition coefficient (Wildman–Crippen LogP) is 5.36. The molecule has 1 aromatic carbocycles. The first-order valence-corrected chi connectivity index (χ1v) is 12.8. The van der Waals surface area contributed by atoms with Crippen LogP contribution in [0.5, 0.6) is 0 Å². The lowest BCUT2D eigenvalue weighted by Gasteiger charge is -2.33. The number of cyclic esters (lactones) is 1. The normalized spacial score (nSPS) is 23.4. The van der Waals surface area contributed by atoms with Crippen LogP contribution in [0.15, 0.2) is 52.7 Å². The summed E-state index contributed by atoms with van der Waals surface area (Å²) >= 11 is 7.89. The summed E-state index contributed by atoms with van der Waals surface area (Å²) in [6.45, 7) is 0.0380. The molecule has 6 rings (SSSR count). The second-order valence-electron chi connectivity index (χ2n) is 8.96. The van der Waals surface area contributed by atoms with Gasteiger partial charge in [-0.1, -0.05) is 17.7 Å². The summed E-state index contributed by atoms with van der Waals surface area (Å²) in [6.07, 6.45) is 2.84. The van der Waals surface area contributed by atoms with E-state index < -0.39 is 30.0 Å². The van der Waals surface area contributed by atoms with E-state index in [0.717, 1.165) is 5.70 Å². The number of alkyl halides is 2. The summed E-state index contributed by atoms with van der Waals surface area (Å²) in [5, 5.41) is 6.76. The fourth-order valence-corrected chi connectivity index (χ4v) is 6.24. The minimum absolute atomic E-state index is 0.148. The number of carbonyl (C=O) groups excluding carboxylic acids is 1. The van der Waals surface area contributed by atoms with Crippen molar-refractivity contribution in [2.75, 3.05) is 19.7 Å². The number of amides is 1. The zero-order valence-corrected chi connectivity index (χ0v) is 21.0. The van der Waals surface area contributed by atoms with Gasteiger partial charge in [-0.2, -0.15) is 13.9 Å². The highest BCUT2D eigenvalue weighted by atomic mass is 35.5. The Bertz CT molecular complexity index is 1440. The number of carbonyl (C=O) groups is 1. The molecule has 5 heterocycles. The molecule has 3 aromatic rings. The predicted molar refractivity (Wildman–Crippen MR) is 131 cm³/mol. The van der Waals surface area contributed by atoms with Gasteiger partial charge >= 0.3 is 12.6 Å². The van der Waals surface area contributed by atoms with E-state index in [0.29, 0.717) is 46.2 Å². The molecule has 2 fully saturated rings. The van der Waals surface area contributed by atoms with Crippen molar-refractivity contribution in [3.8, 4) is 0 Å². The smallest absolute Gasteiger partial charge is 0.410 e. The average molecular weight is 549 g/mol. The lowest BCUT2D eigenvalue weighted by molar-refractivity contribution is 0.0564. The third-order valence-electron chi connectivity index (χ3n) is 6.90. The molecule has 0 N–H and O–H groups in total. The lowest BCUT2D eigenvalue weighted by atomic mass is 9.90. The molecule has 2 atom stereocenters. The Hall–Kier alpha value is -3.38. The molecule has 2 saturated heterocycles. The number of fused-ring (bicyclic) bond motifs is 1. The fraction of sp³-hybridized carbons (Fsp3) is 0.333. The zero-order valence-electron chi connectivity index (χ0n) is 19.4. The third-order valence-corrected chi connectivity index (χ3v) is 8.00. The van der Waals surface area contributed by atoms with Crippen LogP contribution in [0.25, 0.3) is 5.57 Å². The minimum Gasteiger partial charge on any atom is -0.447 e. The van der Waals surface area contributed by atoms with Crippen molar-refractivity contribution < 1.29 is 22.7 Å². The molecule has 2 aromatic heterocycles. The van der Waals surface area contributed by atoms with Gasteiger partial charge in [0.05, 0.1) is 12.2 Å². The Morgan fingerprint density at radius 2 is 2.16 bits per heavy atom. The van der Waals surface area contributed by atoms with Gasteiger partial charge in [0.15, 0.2) is 10.8 Å². The summed E-state index contributed by atoms with van der Waals surface area (Å²) in [4.78, 5) is 25.7. The summed E-state index contributed by atoms with van der Waals surface area (Å²) in [5.41, 5.74) is 1.41. The van der Waals surface area contributed by atoms with Crippen LogP contribution in [0.2, 0.25) is 5.02 Å². The fourth-order valence-electron chi connectivity index (χ4n) is 5.33. The molecule has 3 aliphatic rings. The van der Waals surface area contributed by atoms with E-state index in [2.05, 4.69) is 10.1 Å². The molecule has 0 aliphatic carbocycles. The Labute approximate surface area is 218 Å². The number of hydrogen-bond donors (Lipinski definition) is 0. The van der Waals surface area contributed by atoms with Gasteiger partial charge in [0.2, 0.25) is 0 Å². The molecule has 0 saturated carbocycles. The molecular formula is C24H20ClF3N6O2S. The van der Waals surface area contributed by atoms with E-state index in [-0.39, 0.29) is 17.3 Å². The number of rotatable bonds is 5. The number of hydrogen-bond acceptors (Lipinski definition) is 7. The van der Waals surface area contributed by atoms with E-state index in [4.69, 9.17) is 21.3 Å². The van der Waals surface area contributed by atoms with E-state index >= 15 is 0 Å². The quantitative estimate of drug-likeness (QED) is 0.429. The number of halogens is 4. The zero-order chi connectivity index (χ0) is 25.9. The number of nitrogens with zero attached hydrogens (tertiary/aromatic N) is 6. The number of ether oxygens (including phenoxy) is 1. The molecular weight excluding hydrogens is 529 g/mol. The summed E-state index contributed by atoms with van der Waals surface area (Å²) < 4.78 is 47.0. The Balaban J connectivity index is 1.59. The van der Waals surface area contributed by atoms with Gasteiger partial charge in [0.25, 0.3) is 0 Å². The largest absolute Gasteiger partial charge is 0.447 e. The van der Waals surface area contributed by atoms with Crippen molar-refractivity contribution in [2.24, 2.45) is 4.99 Å².